The first-order valence-electron chi connectivity index (χ1n) is 11.4. The van der Waals surface area contributed by atoms with E-state index < -0.39 is 22.9 Å². The molecule has 0 aliphatic carbocycles. The van der Waals surface area contributed by atoms with Crippen molar-refractivity contribution in [3.05, 3.63) is 62.4 Å². The van der Waals surface area contributed by atoms with Crippen LogP contribution in [-0.2, 0) is 17.5 Å². The molecule has 186 valence electrons. The average molecular weight is 553 g/mol. The van der Waals surface area contributed by atoms with Crippen LogP contribution in [0, 0.1) is 0 Å². The largest absolute Gasteiger partial charge is 0.478 e. The third-order valence-corrected chi connectivity index (χ3v) is 6.88. The minimum absolute atomic E-state index is 0.0708. The molecule has 0 saturated carbocycles. The number of rotatable bonds is 5. The number of nitrogens with zero attached hydrogens (tertiary/aromatic N) is 2. The maximum Gasteiger partial charge on any atom is 0.450 e. The van der Waals surface area contributed by atoms with Crippen molar-refractivity contribution < 1.29 is 27.1 Å². The van der Waals surface area contributed by atoms with E-state index in [1.165, 1.54) is 18.2 Å². The van der Waals surface area contributed by atoms with Gasteiger partial charge in [-0.25, -0.2) is 0 Å². The summed E-state index contributed by atoms with van der Waals surface area (Å²) in [6.45, 7) is 5.55. The SMILES string of the molecule is O=c1c(-c2ccc(Br)cc2)c(C(F)(F)F)oc2c3c(ccc12)OCN(CCCN1CCOCC1)C3. The molecule has 0 N–H and O–H groups in total. The number of alkyl halides is 3. The normalized spacial score (nSPS) is 17.4. The Morgan fingerprint density at radius 3 is 2.40 bits per heavy atom. The molecule has 1 aromatic heterocycles. The number of morpholine rings is 1. The van der Waals surface area contributed by atoms with Gasteiger partial charge in [0.25, 0.3) is 0 Å². The first kappa shape index (κ1) is 24.3. The summed E-state index contributed by atoms with van der Waals surface area (Å²) in [5.41, 5.74) is -0.664. The predicted octanol–water partition coefficient (Wildman–Crippen LogP) is 5.12. The van der Waals surface area contributed by atoms with Crippen molar-refractivity contribution in [1.82, 2.24) is 9.80 Å². The Kier molecular flexibility index (Phi) is 6.89. The summed E-state index contributed by atoms with van der Waals surface area (Å²) in [5, 5.41) is 0.105. The Hall–Kier alpha value is -2.40. The highest BCUT2D eigenvalue weighted by Crippen LogP contribution is 2.40. The first-order valence-corrected chi connectivity index (χ1v) is 12.2. The summed E-state index contributed by atoms with van der Waals surface area (Å²) in [5.74, 6) is -0.857. The van der Waals surface area contributed by atoms with E-state index in [2.05, 4.69) is 20.8 Å². The number of hydrogen-bond donors (Lipinski definition) is 0. The molecule has 1 fully saturated rings. The molecule has 1 saturated heterocycles. The number of ether oxygens (including phenoxy) is 2. The van der Waals surface area contributed by atoms with Gasteiger partial charge in [0.2, 0.25) is 11.2 Å². The lowest BCUT2D eigenvalue weighted by molar-refractivity contribution is -0.152. The lowest BCUT2D eigenvalue weighted by Gasteiger charge is -2.31. The van der Waals surface area contributed by atoms with Crippen molar-refractivity contribution in [1.29, 1.82) is 0 Å². The summed E-state index contributed by atoms with van der Waals surface area (Å²) in [7, 11) is 0. The maximum atomic E-state index is 14.1. The quantitative estimate of drug-likeness (QED) is 0.438. The second-order valence-electron chi connectivity index (χ2n) is 8.69. The fourth-order valence-electron chi connectivity index (χ4n) is 4.58. The van der Waals surface area contributed by atoms with Gasteiger partial charge in [-0.15, -0.1) is 0 Å². The molecule has 10 heteroatoms. The molecule has 2 aromatic carbocycles. The van der Waals surface area contributed by atoms with Crippen LogP contribution >= 0.6 is 15.9 Å². The lowest BCUT2D eigenvalue weighted by Crippen LogP contribution is -2.39. The summed E-state index contributed by atoms with van der Waals surface area (Å²) in [6, 6.07) is 9.24. The van der Waals surface area contributed by atoms with E-state index in [0.717, 1.165) is 39.3 Å². The second kappa shape index (κ2) is 9.93. The highest BCUT2D eigenvalue weighted by Gasteiger charge is 2.40. The Labute approximate surface area is 208 Å². The van der Waals surface area contributed by atoms with Crippen molar-refractivity contribution in [2.24, 2.45) is 0 Å². The van der Waals surface area contributed by atoms with Gasteiger partial charge in [-0.2, -0.15) is 13.2 Å². The van der Waals surface area contributed by atoms with Crippen molar-refractivity contribution >= 4 is 26.9 Å². The minimum Gasteiger partial charge on any atom is -0.478 e. The van der Waals surface area contributed by atoms with Crippen LogP contribution in [0.15, 0.2) is 50.1 Å². The van der Waals surface area contributed by atoms with E-state index in [1.807, 2.05) is 4.90 Å². The highest BCUT2D eigenvalue weighted by molar-refractivity contribution is 9.10. The molecule has 3 heterocycles. The van der Waals surface area contributed by atoms with Crippen molar-refractivity contribution in [3.8, 4) is 16.9 Å². The van der Waals surface area contributed by atoms with E-state index >= 15 is 0 Å². The van der Waals surface area contributed by atoms with Crippen LogP contribution in [0.1, 0.15) is 17.7 Å². The third kappa shape index (κ3) is 5.11. The molecule has 2 aliphatic heterocycles. The smallest absolute Gasteiger partial charge is 0.450 e. The maximum absolute atomic E-state index is 14.1. The van der Waals surface area contributed by atoms with Gasteiger partial charge in [0.15, 0.2) is 0 Å². The molecule has 0 atom stereocenters. The molecule has 6 nitrogen and oxygen atoms in total. The van der Waals surface area contributed by atoms with Crippen LogP contribution in [0.2, 0.25) is 0 Å². The van der Waals surface area contributed by atoms with Gasteiger partial charge in [0.05, 0.1) is 29.7 Å². The molecular weight excluding hydrogens is 529 g/mol. The summed E-state index contributed by atoms with van der Waals surface area (Å²) in [6.07, 6.45) is -3.96. The number of halogens is 4. The van der Waals surface area contributed by atoms with Crippen molar-refractivity contribution in [3.63, 3.8) is 0 Å². The molecule has 0 unspecified atom stereocenters. The Bertz CT molecular complexity index is 1270. The lowest BCUT2D eigenvalue weighted by atomic mass is 10.00. The molecule has 0 radical (unpaired) electrons. The third-order valence-electron chi connectivity index (χ3n) is 6.35. The molecule has 0 bridgehead atoms. The van der Waals surface area contributed by atoms with Gasteiger partial charge in [-0.1, -0.05) is 28.1 Å². The first-order chi connectivity index (χ1) is 16.8. The summed E-state index contributed by atoms with van der Waals surface area (Å²) < 4.78 is 59.6. The number of fused-ring (bicyclic) bond motifs is 3. The molecule has 35 heavy (non-hydrogen) atoms. The number of hydrogen-bond acceptors (Lipinski definition) is 6. The number of benzene rings is 2. The minimum atomic E-state index is -4.84. The van der Waals surface area contributed by atoms with Crippen molar-refractivity contribution in [2.75, 3.05) is 46.1 Å². The van der Waals surface area contributed by atoms with Crippen LogP contribution in [0.25, 0.3) is 22.1 Å². The zero-order valence-corrected chi connectivity index (χ0v) is 20.5. The van der Waals surface area contributed by atoms with Crippen LogP contribution in [-0.4, -0.2) is 55.9 Å². The molecule has 2 aliphatic rings. The van der Waals surface area contributed by atoms with Crippen molar-refractivity contribution in [2.45, 2.75) is 19.1 Å². The van der Waals surface area contributed by atoms with Gasteiger partial charge < -0.3 is 13.9 Å². The van der Waals surface area contributed by atoms with E-state index in [1.54, 1.807) is 18.2 Å². The van der Waals surface area contributed by atoms with Gasteiger partial charge in [-0.3, -0.25) is 14.6 Å². The van der Waals surface area contributed by atoms with Crippen LogP contribution in [0.4, 0.5) is 13.2 Å². The average Bonchev–Trinajstić information content (AvgIpc) is 2.84. The van der Waals surface area contributed by atoms with Crippen LogP contribution < -0.4 is 10.2 Å². The fourth-order valence-corrected chi connectivity index (χ4v) is 4.84. The molecule has 3 aromatic rings. The zero-order valence-electron chi connectivity index (χ0n) is 18.9. The Morgan fingerprint density at radius 1 is 0.971 bits per heavy atom. The van der Waals surface area contributed by atoms with Gasteiger partial charge in [0.1, 0.15) is 18.1 Å². The topological polar surface area (TPSA) is 55.2 Å². The zero-order chi connectivity index (χ0) is 24.6. The molecule has 5 rings (SSSR count). The summed E-state index contributed by atoms with van der Waals surface area (Å²) >= 11 is 3.27. The van der Waals surface area contributed by atoms with Gasteiger partial charge in [-0.05, 0) is 42.8 Å². The second-order valence-corrected chi connectivity index (χ2v) is 9.61. The van der Waals surface area contributed by atoms with Gasteiger partial charge >= 0.3 is 6.18 Å². The van der Waals surface area contributed by atoms with E-state index in [0.29, 0.717) is 35.6 Å². The molecular formula is C25H24BrF3N2O4. The van der Waals surface area contributed by atoms with E-state index in [9.17, 15) is 18.0 Å². The fraction of sp³-hybridized carbons (Fsp3) is 0.400. The van der Waals surface area contributed by atoms with Gasteiger partial charge in [0, 0.05) is 30.7 Å². The highest BCUT2D eigenvalue weighted by atomic mass is 79.9. The molecule has 0 spiro atoms. The standard InChI is InChI=1S/C25H24BrF3N2O4/c26-17-4-2-16(3-5-17)21-22(32)18-6-7-20-19(23(18)35-24(21)25(27,28)29)14-31(15-34-20)9-1-8-30-10-12-33-13-11-30/h2-7H,1,8-15H2. The molecule has 0 amide bonds. The Morgan fingerprint density at radius 2 is 1.69 bits per heavy atom. The van der Waals surface area contributed by atoms with E-state index in [4.69, 9.17) is 13.9 Å². The predicted molar refractivity (Wildman–Crippen MR) is 128 cm³/mol. The Balaban J connectivity index is 1.48. The summed E-state index contributed by atoms with van der Waals surface area (Å²) in [4.78, 5) is 17.7. The van der Waals surface area contributed by atoms with Crippen LogP contribution in [0.5, 0.6) is 5.75 Å². The van der Waals surface area contributed by atoms with E-state index in [-0.39, 0.29) is 16.5 Å². The van der Waals surface area contributed by atoms with Crippen LogP contribution in [0.3, 0.4) is 0 Å². The monoisotopic (exact) mass is 552 g/mol.